The summed E-state index contributed by atoms with van der Waals surface area (Å²) in [6.45, 7) is 2.80. The molecule has 13 heavy (non-hydrogen) atoms. The minimum absolute atomic E-state index is 0.107. The first-order valence-electron chi connectivity index (χ1n) is 4.54. The van der Waals surface area contributed by atoms with Gasteiger partial charge < -0.3 is 0 Å². The number of sulfonamides is 1. The molecule has 1 heterocycles. The van der Waals surface area contributed by atoms with E-state index in [1.165, 1.54) is 4.31 Å². The van der Waals surface area contributed by atoms with Gasteiger partial charge in [-0.3, -0.25) is 0 Å². The molecule has 1 aliphatic rings. The summed E-state index contributed by atoms with van der Waals surface area (Å²) in [7, 11) is -3.03. The van der Waals surface area contributed by atoms with Crippen LogP contribution < -0.4 is 0 Å². The maximum absolute atomic E-state index is 11.5. The van der Waals surface area contributed by atoms with Gasteiger partial charge in [0, 0.05) is 19.0 Å². The fourth-order valence-electron chi connectivity index (χ4n) is 1.51. The van der Waals surface area contributed by atoms with Crippen LogP contribution in [0.4, 0.5) is 0 Å². The number of hydrogen-bond donors (Lipinski definition) is 0. The monoisotopic (exact) mass is 201 g/mol. The van der Waals surface area contributed by atoms with Crippen molar-refractivity contribution in [1.29, 1.82) is 0 Å². The Morgan fingerprint density at radius 3 is 2.85 bits per heavy atom. The molecule has 4 heteroatoms. The van der Waals surface area contributed by atoms with Crippen molar-refractivity contribution in [2.75, 3.05) is 18.8 Å². The Morgan fingerprint density at radius 2 is 2.31 bits per heavy atom. The van der Waals surface area contributed by atoms with Crippen molar-refractivity contribution in [2.45, 2.75) is 19.8 Å². The standard InChI is InChI=1S/C9H15NO2S/c1-3-9-6-5-7-10(8-9)13(11,12)4-2/h1,9H,4-8H2,2H3. The normalized spacial score (nSPS) is 25.4. The second-order valence-corrected chi connectivity index (χ2v) is 5.52. The van der Waals surface area contributed by atoms with E-state index in [0.29, 0.717) is 13.1 Å². The van der Waals surface area contributed by atoms with Crippen LogP contribution in [0.15, 0.2) is 0 Å². The summed E-state index contributed by atoms with van der Waals surface area (Å²) in [5.74, 6) is 2.90. The first-order chi connectivity index (χ1) is 6.10. The minimum atomic E-state index is -3.03. The minimum Gasteiger partial charge on any atom is -0.212 e. The van der Waals surface area contributed by atoms with Crippen LogP contribution in [-0.4, -0.2) is 31.6 Å². The zero-order chi connectivity index (χ0) is 9.90. The largest absolute Gasteiger partial charge is 0.213 e. The van der Waals surface area contributed by atoms with Crippen LogP contribution in [0.3, 0.4) is 0 Å². The highest BCUT2D eigenvalue weighted by Crippen LogP contribution is 2.18. The SMILES string of the molecule is C#CC1CCCN(S(=O)(=O)CC)C1. The third-order valence-corrected chi connectivity index (χ3v) is 4.23. The van der Waals surface area contributed by atoms with Gasteiger partial charge in [0.15, 0.2) is 0 Å². The van der Waals surface area contributed by atoms with E-state index in [0.717, 1.165) is 12.8 Å². The summed E-state index contributed by atoms with van der Waals surface area (Å²) in [5.41, 5.74) is 0. The van der Waals surface area contributed by atoms with E-state index in [1.54, 1.807) is 6.92 Å². The summed E-state index contributed by atoms with van der Waals surface area (Å²) in [6.07, 6.45) is 7.11. The van der Waals surface area contributed by atoms with Crippen molar-refractivity contribution in [2.24, 2.45) is 5.92 Å². The maximum atomic E-state index is 11.5. The van der Waals surface area contributed by atoms with Gasteiger partial charge in [0.1, 0.15) is 0 Å². The highest BCUT2D eigenvalue weighted by molar-refractivity contribution is 7.89. The molecule has 1 unspecified atom stereocenters. The molecule has 1 saturated heterocycles. The van der Waals surface area contributed by atoms with Crippen LogP contribution in [0, 0.1) is 18.3 Å². The molecule has 0 saturated carbocycles. The lowest BCUT2D eigenvalue weighted by molar-refractivity contribution is 0.307. The molecule has 0 radical (unpaired) electrons. The lowest BCUT2D eigenvalue weighted by Gasteiger charge is -2.28. The number of terminal acetylenes is 1. The maximum Gasteiger partial charge on any atom is 0.213 e. The Labute approximate surface area is 80.2 Å². The van der Waals surface area contributed by atoms with Crippen molar-refractivity contribution in [3.05, 3.63) is 0 Å². The zero-order valence-electron chi connectivity index (χ0n) is 7.86. The highest BCUT2D eigenvalue weighted by atomic mass is 32.2. The second kappa shape index (κ2) is 4.12. The van der Waals surface area contributed by atoms with Gasteiger partial charge in [0.2, 0.25) is 10.0 Å². The van der Waals surface area contributed by atoms with Crippen LogP contribution in [0.1, 0.15) is 19.8 Å². The number of rotatable bonds is 2. The second-order valence-electron chi connectivity index (χ2n) is 3.26. The topological polar surface area (TPSA) is 37.4 Å². The van der Waals surface area contributed by atoms with Gasteiger partial charge in [-0.1, -0.05) is 0 Å². The zero-order valence-corrected chi connectivity index (χ0v) is 8.68. The van der Waals surface area contributed by atoms with Gasteiger partial charge in [0.05, 0.1) is 5.75 Å². The molecule has 0 bridgehead atoms. The van der Waals surface area contributed by atoms with Gasteiger partial charge in [-0.05, 0) is 19.8 Å². The smallest absolute Gasteiger partial charge is 0.212 e. The Kier molecular flexibility index (Phi) is 3.34. The van der Waals surface area contributed by atoms with Gasteiger partial charge in [0.25, 0.3) is 0 Å². The van der Waals surface area contributed by atoms with Gasteiger partial charge >= 0.3 is 0 Å². The first-order valence-corrected chi connectivity index (χ1v) is 6.15. The first kappa shape index (κ1) is 10.6. The molecule has 1 aliphatic heterocycles. The molecule has 0 aromatic rings. The summed E-state index contributed by atoms with van der Waals surface area (Å²) in [6, 6.07) is 0. The molecule has 0 amide bonds. The van der Waals surface area contributed by atoms with Crippen molar-refractivity contribution in [3.63, 3.8) is 0 Å². The fourth-order valence-corrected chi connectivity index (χ4v) is 2.69. The van der Waals surface area contributed by atoms with Gasteiger partial charge in [-0.15, -0.1) is 12.3 Å². The quantitative estimate of drug-likeness (QED) is 0.616. The van der Waals surface area contributed by atoms with Crippen LogP contribution >= 0.6 is 0 Å². The lowest BCUT2D eigenvalue weighted by Crippen LogP contribution is -2.40. The third kappa shape index (κ3) is 2.45. The van der Waals surface area contributed by atoms with E-state index in [9.17, 15) is 8.42 Å². The van der Waals surface area contributed by atoms with E-state index in [1.807, 2.05) is 0 Å². The third-order valence-electron chi connectivity index (χ3n) is 2.38. The molecule has 1 fully saturated rings. The number of piperidine rings is 1. The van der Waals surface area contributed by atoms with Crippen LogP contribution in [0.25, 0.3) is 0 Å². The summed E-state index contributed by atoms with van der Waals surface area (Å²) in [4.78, 5) is 0. The van der Waals surface area contributed by atoms with Crippen LogP contribution in [0.5, 0.6) is 0 Å². The molecule has 0 spiro atoms. The average Bonchev–Trinajstić information content (AvgIpc) is 2.18. The Morgan fingerprint density at radius 1 is 1.62 bits per heavy atom. The Hall–Kier alpha value is -0.530. The highest BCUT2D eigenvalue weighted by Gasteiger charge is 2.26. The van der Waals surface area contributed by atoms with E-state index in [4.69, 9.17) is 6.42 Å². The molecular weight excluding hydrogens is 186 g/mol. The van der Waals surface area contributed by atoms with E-state index in [2.05, 4.69) is 5.92 Å². The van der Waals surface area contributed by atoms with E-state index in [-0.39, 0.29) is 11.7 Å². The van der Waals surface area contributed by atoms with Crippen LogP contribution in [-0.2, 0) is 10.0 Å². The van der Waals surface area contributed by atoms with Crippen molar-refractivity contribution in [3.8, 4) is 12.3 Å². The van der Waals surface area contributed by atoms with Crippen molar-refractivity contribution >= 4 is 10.0 Å². The molecule has 0 aromatic heterocycles. The predicted octanol–water partition coefficient (Wildman–Crippen LogP) is 0.681. The van der Waals surface area contributed by atoms with Crippen LogP contribution in [0.2, 0.25) is 0 Å². The number of nitrogens with zero attached hydrogens (tertiary/aromatic N) is 1. The Bertz CT molecular complexity index is 302. The van der Waals surface area contributed by atoms with Gasteiger partial charge in [-0.25, -0.2) is 12.7 Å². The molecule has 3 nitrogen and oxygen atoms in total. The van der Waals surface area contributed by atoms with E-state index >= 15 is 0 Å². The predicted molar refractivity (Wildman–Crippen MR) is 52.6 cm³/mol. The summed E-state index contributed by atoms with van der Waals surface area (Å²) in [5, 5.41) is 0. The molecular formula is C9H15NO2S. The molecule has 0 aromatic carbocycles. The fraction of sp³-hybridized carbons (Fsp3) is 0.778. The van der Waals surface area contributed by atoms with Crippen molar-refractivity contribution in [1.82, 2.24) is 4.31 Å². The summed E-state index contributed by atoms with van der Waals surface area (Å²) >= 11 is 0. The lowest BCUT2D eigenvalue weighted by atomic mass is 10.0. The molecule has 1 atom stereocenters. The van der Waals surface area contributed by atoms with Crippen molar-refractivity contribution < 1.29 is 8.42 Å². The Balaban J connectivity index is 2.68. The number of hydrogen-bond acceptors (Lipinski definition) is 2. The molecule has 0 aliphatic carbocycles. The molecule has 74 valence electrons. The summed E-state index contributed by atoms with van der Waals surface area (Å²) < 4.78 is 24.5. The van der Waals surface area contributed by atoms with Gasteiger partial charge in [-0.2, -0.15) is 0 Å². The van der Waals surface area contributed by atoms with E-state index < -0.39 is 10.0 Å². The average molecular weight is 201 g/mol. The molecule has 0 N–H and O–H groups in total. The molecule has 1 rings (SSSR count).